The molecule has 2 heteroatoms. The molecule has 1 unspecified atom stereocenters. The first-order chi connectivity index (χ1) is 9.91. The Kier molecular flexibility index (Phi) is 4.56. The lowest BCUT2D eigenvalue weighted by Crippen LogP contribution is -2.17. The molecule has 21 heavy (non-hydrogen) atoms. The molecule has 0 aliphatic carbocycles. The predicted molar refractivity (Wildman–Crippen MR) is 89.9 cm³/mol. The molecular weight excluding hydrogens is 258 g/mol. The van der Waals surface area contributed by atoms with Gasteiger partial charge in [-0.15, -0.1) is 0 Å². The van der Waals surface area contributed by atoms with Gasteiger partial charge in [-0.2, -0.15) is 0 Å². The van der Waals surface area contributed by atoms with Gasteiger partial charge in [0.2, 0.25) is 0 Å². The first-order valence-electron chi connectivity index (χ1n) is 7.57. The lowest BCUT2D eigenvalue weighted by molar-refractivity contribution is 0.475. The zero-order valence-corrected chi connectivity index (χ0v) is 13.4. The van der Waals surface area contributed by atoms with Crippen molar-refractivity contribution in [1.29, 1.82) is 0 Å². The van der Waals surface area contributed by atoms with Crippen LogP contribution in [0.25, 0.3) is 0 Å². The molecule has 2 aromatic carbocycles. The van der Waals surface area contributed by atoms with Gasteiger partial charge in [-0.1, -0.05) is 58.0 Å². The molecule has 0 heterocycles. The minimum atomic E-state index is 0.108. The Morgan fingerprint density at radius 1 is 1.00 bits per heavy atom. The molecule has 0 bridgehead atoms. The van der Waals surface area contributed by atoms with Gasteiger partial charge in [0.25, 0.3) is 0 Å². The fraction of sp³-hybridized carbons (Fsp3) is 0.368. The second-order valence-electron chi connectivity index (χ2n) is 6.49. The molecule has 0 aliphatic heterocycles. The molecule has 0 fully saturated rings. The maximum atomic E-state index is 9.43. The van der Waals surface area contributed by atoms with Crippen LogP contribution in [0.5, 0.6) is 5.75 Å². The third kappa shape index (κ3) is 3.78. The van der Waals surface area contributed by atoms with Crippen molar-refractivity contribution < 1.29 is 5.11 Å². The van der Waals surface area contributed by atoms with E-state index >= 15 is 0 Å². The number of rotatable bonds is 4. The van der Waals surface area contributed by atoms with Gasteiger partial charge in [0.05, 0.1) is 6.04 Å². The molecular formula is C19H25NO. The van der Waals surface area contributed by atoms with Crippen molar-refractivity contribution in [3.05, 3.63) is 59.7 Å². The van der Waals surface area contributed by atoms with E-state index in [0.717, 1.165) is 6.42 Å². The van der Waals surface area contributed by atoms with E-state index in [9.17, 15) is 5.11 Å². The van der Waals surface area contributed by atoms with Crippen molar-refractivity contribution >= 4 is 5.69 Å². The third-order valence-corrected chi connectivity index (χ3v) is 3.77. The molecule has 2 N–H and O–H groups in total. The number of benzene rings is 2. The van der Waals surface area contributed by atoms with E-state index in [1.165, 1.54) is 16.8 Å². The Hall–Kier alpha value is -1.96. The Balaban J connectivity index is 2.29. The highest BCUT2D eigenvalue weighted by Gasteiger charge is 2.19. The van der Waals surface area contributed by atoms with Crippen molar-refractivity contribution in [3.8, 4) is 5.75 Å². The lowest BCUT2D eigenvalue weighted by atomic mass is 9.85. The van der Waals surface area contributed by atoms with E-state index in [-0.39, 0.29) is 11.5 Å². The highest BCUT2D eigenvalue weighted by Crippen LogP contribution is 2.32. The summed E-state index contributed by atoms with van der Waals surface area (Å²) < 4.78 is 0. The summed E-state index contributed by atoms with van der Waals surface area (Å²) in [6.45, 7) is 8.86. The zero-order chi connectivity index (χ0) is 15.5. The van der Waals surface area contributed by atoms with Crippen LogP contribution in [-0.2, 0) is 5.41 Å². The minimum Gasteiger partial charge on any atom is -0.508 e. The van der Waals surface area contributed by atoms with E-state index in [0.29, 0.717) is 5.75 Å². The first-order valence-corrected chi connectivity index (χ1v) is 7.57. The largest absolute Gasteiger partial charge is 0.508 e. The molecule has 2 nitrogen and oxygen atoms in total. The first kappa shape index (κ1) is 15.4. The molecule has 1 atom stereocenters. The standard InChI is InChI=1S/C19H25NO/c1-5-17(14-10-12-15(21)13-11-14)20-18-9-7-6-8-16(18)19(2,3)4/h6-13,17,20-21H,5H2,1-4H3. The molecule has 0 saturated heterocycles. The SMILES string of the molecule is CCC(Nc1ccccc1C(C)(C)C)c1ccc(O)cc1. The molecule has 0 amide bonds. The minimum absolute atomic E-state index is 0.108. The normalized spacial score (nSPS) is 13.0. The van der Waals surface area contributed by atoms with Crippen LogP contribution in [0, 0.1) is 0 Å². The summed E-state index contributed by atoms with van der Waals surface area (Å²) in [5.41, 5.74) is 3.81. The van der Waals surface area contributed by atoms with Crippen LogP contribution in [0.4, 0.5) is 5.69 Å². The Labute approximate surface area is 127 Å². The fourth-order valence-corrected chi connectivity index (χ4v) is 2.58. The van der Waals surface area contributed by atoms with Gasteiger partial charge < -0.3 is 10.4 Å². The van der Waals surface area contributed by atoms with E-state index < -0.39 is 0 Å². The van der Waals surface area contributed by atoms with Crippen LogP contribution in [0.15, 0.2) is 48.5 Å². The van der Waals surface area contributed by atoms with E-state index in [2.05, 4.69) is 57.3 Å². The molecule has 2 aromatic rings. The number of nitrogens with one attached hydrogen (secondary N) is 1. The number of phenolic OH excluding ortho intramolecular Hbond substituents is 1. The van der Waals surface area contributed by atoms with E-state index in [1.807, 2.05) is 12.1 Å². The van der Waals surface area contributed by atoms with Gasteiger partial charge in [0, 0.05) is 5.69 Å². The predicted octanol–water partition coefficient (Wildman–Crippen LogP) is 5.25. The van der Waals surface area contributed by atoms with Gasteiger partial charge in [-0.25, -0.2) is 0 Å². The van der Waals surface area contributed by atoms with E-state index in [4.69, 9.17) is 0 Å². The van der Waals surface area contributed by atoms with E-state index in [1.54, 1.807) is 12.1 Å². The highest BCUT2D eigenvalue weighted by atomic mass is 16.3. The zero-order valence-electron chi connectivity index (χ0n) is 13.4. The molecule has 0 radical (unpaired) electrons. The van der Waals surface area contributed by atoms with Crippen molar-refractivity contribution in [3.63, 3.8) is 0 Å². The summed E-state index contributed by atoms with van der Waals surface area (Å²) in [6.07, 6.45) is 0.989. The van der Waals surface area contributed by atoms with Crippen molar-refractivity contribution in [2.45, 2.75) is 45.6 Å². The summed E-state index contributed by atoms with van der Waals surface area (Å²) in [4.78, 5) is 0. The van der Waals surface area contributed by atoms with Crippen LogP contribution in [0.3, 0.4) is 0 Å². The van der Waals surface area contributed by atoms with Crippen molar-refractivity contribution in [1.82, 2.24) is 0 Å². The van der Waals surface area contributed by atoms with Crippen LogP contribution < -0.4 is 5.32 Å². The number of aromatic hydroxyl groups is 1. The quantitative estimate of drug-likeness (QED) is 0.803. The summed E-state index contributed by atoms with van der Waals surface area (Å²) >= 11 is 0. The summed E-state index contributed by atoms with van der Waals surface area (Å²) in [5, 5.41) is 13.1. The lowest BCUT2D eigenvalue weighted by Gasteiger charge is -2.27. The summed E-state index contributed by atoms with van der Waals surface area (Å²) in [7, 11) is 0. The molecule has 112 valence electrons. The van der Waals surface area contributed by atoms with Gasteiger partial charge in [0.1, 0.15) is 5.75 Å². The van der Waals surface area contributed by atoms with Crippen LogP contribution in [0.1, 0.15) is 51.3 Å². The maximum Gasteiger partial charge on any atom is 0.115 e. The number of hydrogen-bond donors (Lipinski definition) is 2. The van der Waals surface area contributed by atoms with Gasteiger partial charge in [0.15, 0.2) is 0 Å². The number of phenols is 1. The maximum absolute atomic E-state index is 9.43. The second-order valence-corrected chi connectivity index (χ2v) is 6.49. The van der Waals surface area contributed by atoms with Gasteiger partial charge in [-0.05, 0) is 41.2 Å². The average Bonchev–Trinajstić information content (AvgIpc) is 2.45. The van der Waals surface area contributed by atoms with Crippen LogP contribution in [-0.4, -0.2) is 5.11 Å². The Morgan fingerprint density at radius 3 is 2.19 bits per heavy atom. The average molecular weight is 283 g/mol. The summed E-state index contributed by atoms with van der Waals surface area (Å²) in [6, 6.07) is 16.2. The van der Waals surface area contributed by atoms with Crippen molar-refractivity contribution in [2.24, 2.45) is 0 Å². The smallest absolute Gasteiger partial charge is 0.115 e. The van der Waals surface area contributed by atoms with Crippen LogP contribution in [0.2, 0.25) is 0 Å². The molecule has 0 aliphatic rings. The molecule has 2 rings (SSSR count). The monoisotopic (exact) mass is 283 g/mol. The number of anilines is 1. The van der Waals surface area contributed by atoms with Gasteiger partial charge in [-0.3, -0.25) is 0 Å². The van der Waals surface area contributed by atoms with Crippen LogP contribution >= 0.6 is 0 Å². The molecule has 0 aromatic heterocycles. The third-order valence-electron chi connectivity index (χ3n) is 3.77. The van der Waals surface area contributed by atoms with Gasteiger partial charge >= 0.3 is 0 Å². The number of hydrogen-bond acceptors (Lipinski definition) is 2. The Morgan fingerprint density at radius 2 is 1.62 bits per heavy atom. The summed E-state index contributed by atoms with van der Waals surface area (Å²) in [5.74, 6) is 0.309. The highest BCUT2D eigenvalue weighted by molar-refractivity contribution is 5.55. The fourth-order valence-electron chi connectivity index (χ4n) is 2.58. The second kappa shape index (κ2) is 6.21. The van der Waals surface area contributed by atoms with Crippen molar-refractivity contribution in [2.75, 3.05) is 5.32 Å². The topological polar surface area (TPSA) is 32.3 Å². The molecule has 0 saturated carbocycles. The Bertz CT molecular complexity index is 581. The molecule has 0 spiro atoms. The number of para-hydroxylation sites is 1.